The predicted octanol–water partition coefficient (Wildman–Crippen LogP) is 2.67. The molecule has 20 heavy (non-hydrogen) atoms. The van der Waals surface area contributed by atoms with E-state index in [4.69, 9.17) is 11.6 Å². The van der Waals surface area contributed by atoms with E-state index in [1.54, 1.807) is 12.3 Å². The van der Waals surface area contributed by atoms with Crippen LogP contribution in [0, 0.1) is 0 Å². The van der Waals surface area contributed by atoms with Crippen molar-refractivity contribution in [3.63, 3.8) is 0 Å². The molecule has 0 fully saturated rings. The summed E-state index contributed by atoms with van der Waals surface area (Å²) in [5.74, 6) is 0. The maximum atomic E-state index is 10.8. The molecule has 0 saturated carbocycles. The van der Waals surface area contributed by atoms with Crippen LogP contribution in [0.15, 0.2) is 30.5 Å². The number of hydrogen-bond acceptors (Lipinski definition) is 5. The number of halogens is 1. The summed E-state index contributed by atoms with van der Waals surface area (Å²) >= 11 is 5.93. The highest BCUT2D eigenvalue weighted by molar-refractivity contribution is 7.85. The first-order valence-corrected chi connectivity index (χ1v) is 8.28. The van der Waals surface area contributed by atoms with Gasteiger partial charge in [-0.15, -0.1) is 0 Å². The van der Waals surface area contributed by atoms with Gasteiger partial charge in [0.05, 0.1) is 18.4 Å². The molecule has 0 atom stereocenters. The van der Waals surface area contributed by atoms with Crippen molar-refractivity contribution in [1.29, 1.82) is 0 Å². The molecule has 0 bridgehead atoms. The van der Waals surface area contributed by atoms with E-state index in [1.807, 2.05) is 18.2 Å². The highest BCUT2D eigenvalue weighted by atomic mass is 35.5. The first-order chi connectivity index (χ1) is 9.46. The van der Waals surface area contributed by atoms with Crippen LogP contribution < -0.4 is 5.32 Å². The Morgan fingerprint density at radius 1 is 1.35 bits per heavy atom. The first kappa shape index (κ1) is 15.0. The quantitative estimate of drug-likeness (QED) is 0.656. The van der Waals surface area contributed by atoms with Gasteiger partial charge in [0, 0.05) is 28.8 Å². The van der Waals surface area contributed by atoms with Crippen LogP contribution in [-0.2, 0) is 14.3 Å². The molecule has 2 rings (SSSR count). The van der Waals surface area contributed by atoms with E-state index in [9.17, 15) is 8.42 Å². The van der Waals surface area contributed by atoms with Crippen LogP contribution in [0.25, 0.3) is 10.9 Å². The summed E-state index contributed by atoms with van der Waals surface area (Å²) in [6, 6.07) is 7.38. The maximum Gasteiger partial charge on any atom is 0.264 e. The van der Waals surface area contributed by atoms with E-state index in [-0.39, 0.29) is 6.61 Å². The zero-order valence-corrected chi connectivity index (χ0v) is 12.5. The van der Waals surface area contributed by atoms with Crippen molar-refractivity contribution in [3.05, 3.63) is 35.5 Å². The normalized spacial score (nSPS) is 11.7. The van der Waals surface area contributed by atoms with Gasteiger partial charge in [0.25, 0.3) is 10.1 Å². The standard InChI is InChI=1S/C13H15ClN2O3S/c1-20(17,18)19-8-2-6-15-12-5-7-16-13-9-10(14)3-4-11(12)13/h3-5,7,9H,2,6,8H2,1H3,(H,15,16). The number of pyridine rings is 1. The molecule has 0 radical (unpaired) electrons. The Morgan fingerprint density at radius 3 is 2.90 bits per heavy atom. The molecule has 1 aromatic carbocycles. The van der Waals surface area contributed by atoms with E-state index in [0.29, 0.717) is 18.0 Å². The molecular formula is C13H15ClN2O3S. The zero-order valence-electron chi connectivity index (χ0n) is 11.0. The van der Waals surface area contributed by atoms with E-state index >= 15 is 0 Å². The summed E-state index contributed by atoms with van der Waals surface area (Å²) in [5, 5.41) is 4.85. The fourth-order valence-electron chi connectivity index (χ4n) is 1.78. The van der Waals surface area contributed by atoms with Crippen LogP contribution >= 0.6 is 11.6 Å². The molecule has 1 heterocycles. The molecule has 0 aliphatic carbocycles. The Morgan fingerprint density at radius 2 is 2.15 bits per heavy atom. The largest absolute Gasteiger partial charge is 0.384 e. The van der Waals surface area contributed by atoms with Gasteiger partial charge in [-0.3, -0.25) is 9.17 Å². The first-order valence-electron chi connectivity index (χ1n) is 6.08. The van der Waals surface area contributed by atoms with Crippen LogP contribution in [0.2, 0.25) is 5.02 Å². The third-order valence-corrected chi connectivity index (χ3v) is 3.47. The summed E-state index contributed by atoms with van der Waals surface area (Å²) in [6.45, 7) is 0.776. The molecule has 0 saturated heterocycles. The fourth-order valence-corrected chi connectivity index (χ4v) is 2.37. The number of fused-ring (bicyclic) bond motifs is 1. The molecule has 0 aliphatic heterocycles. The number of nitrogens with zero attached hydrogens (tertiary/aromatic N) is 1. The van der Waals surface area contributed by atoms with Crippen molar-refractivity contribution in [2.75, 3.05) is 24.7 Å². The van der Waals surface area contributed by atoms with Crippen molar-refractivity contribution >= 4 is 38.3 Å². The van der Waals surface area contributed by atoms with E-state index in [2.05, 4.69) is 14.5 Å². The van der Waals surface area contributed by atoms with Gasteiger partial charge >= 0.3 is 0 Å². The van der Waals surface area contributed by atoms with Gasteiger partial charge in [0.2, 0.25) is 0 Å². The molecule has 1 N–H and O–H groups in total. The molecule has 0 unspecified atom stereocenters. The van der Waals surface area contributed by atoms with Gasteiger partial charge in [-0.2, -0.15) is 8.42 Å². The second kappa shape index (κ2) is 6.39. The number of nitrogens with one attached hydrogen (secondary N) is 1. The lowest BCUT2D eigenvalue weighted by Crippen LogP contribution is -2.09. The topological polar surface area (TPSA) is 68.3 Å². The summed E-state index contributed by atoms with van der Waals surface area (Å²) < 4.78 is 26.3. The zero-order chi connectivity index (χ0) is 14.6. The van der Waals surface area contributed by atoms with Crippen LogP contribution in [0.4, 0.5) is 5.69 Å². The molecule has 7 heteroatoms. The minimum Gasteiger partial charge on any atom is -0.384 e. The Kier molecular flexibility index (Phi) is 4.80. The highest BCUT2D eigenvalue weighted by Crippen LogP contribution is 2.24. The lowest BCUT2D eigenvalue weighted by atomic mass is 10.2. The fraction of sp³-hybridized carbons (Fsp3) is 0.308. The summed E-state index contributed by atoms with van der Waals surface area (Å²) in [7, 11) is -3.36. The third-order valence-electron chi connectivity index (χ3n) is 2.64. The van der Waals surface area contributed by atoms with Gasteiger partial charge in [0.1, 0.15) is 0 Å². The van der Waals surface area contributed by atoms with Crippen molar-refractivity contribution in [3.8, 4) is 0 Å². The van der Waals surface area contributed by atoms with Crippen LogP contribution in [0.5, 0.6) is 0 Å². The van der Waals surface area contributed by atoms with Crippen LogP contribution in [-0.4, -0.2) is 32.8 Å². The number of aromatic nitrogens is 1. The number of rotatable bonds is 6. The summed E-state index contributed by atoms with van der Waals surface area (Å²) in [6.07, 6.45) is 3.33. The number of benzene rings is 1. The Hall–Kier alpha value is -1.37. The van der Waals surface area contributed by atoms with Gasteiger partial charge in [-0.05, 0) is 30.7 Å². The minimum atomic E-state index is -3.36. The number of anilines is 1. The Balaban J connectivity index is 1.97. The monoisotopic (exact) mass is 314 g/mol. The second-order valence-electron chi connectivity index (χ2n) is 4.33. The van der Waals surface area contributed by atoms with Crippen molar-refractivity contribution < 1.29 is 12.6 Å². The summed E-state index contributed by atoms with van der Waals surface area (Å²) in [5.41, 5.74) is 1.75. The average molecular weight is 315 g/mol. The molecule has 0 aliphatic rings. The maximum absolute atomic E-state index is 10.8. The second-order valence-corrected chi connectivity index (χ2v) is 6.41. The van der Waals surface area contributed by atoms with Crippen LogP contribution in [0.3, 0.4) is 0 Å². The molecule has 2 aromatic rings. The van der Waals surface area contributed by atoms with Crippen LogP contribution in [0.1, 0.15) is 6.42 Å². The van der Waals surface area contributed by atoms with E-state index in [1.165, 1.54) is 0 Å². The van der Waals surface area contributed by atoms with Gasteiger partial charge in [-0.25, -0.2) is 0 Å². The molecule has 5 nitrogen and oxygen atoms in total. The lowest BCUT2D eigenvalue weighted by Gasteiger charge is -2.09. The SMILES string of the molecule is CS(=O)(=O)OCCCNc1ccnc2cc(Cl)ccc12. The van der Waals surface area contributed by atoms with Gasteiger partial charge < -0.3 is 5.32 Å². The molecule has 1 aromatic heterocycles. The molecule has 0 spiro atoms. The molecule has 108 valence electrons. The number of hydrogen-bond donors (Lipinski definition) is 1. The smallest absolute Gasteiger partial charge is 0.264 e. The van der Waals surface area contributed by atoms with Gasteiger partial charge in [0.15, 0.2) is 0 Å². The molecular weight excluding hydrogens is 300 g/mol. The molecule has 0 amide bonds. The third kappa shape index (κ3) is 4.33. The average Bonchev–Trinajstić information content (AvgIpc) is 2.36. The highest BCUT2D eigenvalue weighted by Gasteiger charge is 2.03. The van der Waals surface area contributed by atoms with Crippen molar-refractivity contribution in [1.82, 2.24) is 4.98 Å². The van der Waals surface area contributed by atoms with E-state index < -0.39 is 10.1 Å². The van der Waals surface area contributed by atoms with E-state index in [0.717, 1.165) is 22.8 Å². The predicted molar refractivity (Wildman–Crippen MR) is 80.7 cm³/mol. The minimum absolute atomic E-state index is 0.167. The van der Waals surface area contributed by atoms with Gasteiger partial charge in [-0.1, -0.05) is 11.6 Å². The lowest BCUT2D eigenvalue weighted by molar-refractivity contribution is 0.319. The Labute approximate surface area is 123 Å². The summed E-state index contributed by atoms with van der Waals surface area (Å²) in [4.78, 5) is 4.25. The Bertz CT molecular complexity index is 704. The van der Waals surface area contributed by atoms with Crippen molar-refractivity contribution in [2.45, 2.75) is 6.42 Å². The van der Waals surface area contributed by atoms with Crippen molar-refractivity contribution in [2.24, 2.45) is 0 Å².